The normalized spacial score (nSPS) is 21.7. The fourth-order valence-corrected chi connectivity index (χ4v) is 2.45. The van der Waals surface area contributed by atoms with E-state index in [0.29, 0.717) is 30.1 Å². The van der Waals surface area contributed by atoms with Crippen LogP contribution >= 0.6 is 11.6 Å². The van der Waals surface area contributed by atoms with Gasteiger partial charge in [-0.3, -0.25) is 4.79 Å². The summed E-state index contributed by atoms with van der Waals surface area (Å²) in [6.07, 6.45) is 0.614. The van der Waals surface area contributed by atoms with Crippen molar-refractivity contribution in [2.75, 3.05) is 13.1 Å². The van der Waals surface area contributed by atoms with Gasteiger partial charge in [-0.1, -0.05) is 29.7 Å². The molecule has 0 saturated carbocycles. The van der Waals surface area contributed by atoms with Crippen molar-refractivity contribution in [3.05, 3.63) is 34.3 Å². The highest BCUT2D eigenvalue weighted by molar-refractivity contribution is 6.31. The number of nitrogens with zero attached hydrogens (tertiary/aromatic N) is 2. The smallest absolute Gasteiger partial charge is 0.253 e. The van der Waals surface area contributed by atoms with Gasteiger partial charge in [0.2, 0.25) is 0 Å². The van der Waals surface area contributed by atoms with Crippen molar-refractivity contribution in [2.45, 2.75) is 20.3 Å². The average molecular weight is 281 g/mol. The SMILES string of the molecule is Cc1ccc(C(=O)N2CC/C(=N\O)C(C)C2)cc1Cl. The van der Waals surface area contributed by atoms with Crippen LogP contribution in [0.25, 0.3) is 0 Å². The third-order valence-electron chi connectivity index (χ3n) is 3.54. The van der Waals surface area contributed by atoms with Gasteiger partial charge in [0.25, 0.3) is 5.91 Å². The predicted molar refractivity (Wildman–Crippen MR) is 75.1 cm³/mol. The number of aryl methyl sites for hydroxylation is 1. The van der Waals surface area contributed by atoms with Crippen molar-refractivity contribution in [2.24, 2.45) is 11.1 Å². The molecule has 0 bridgehead atoms. The Morgan fingerprint density at radius 1 is 1.53 bits per heavy atom. The molecule has 0 aromatic heterocycles. The number of rotatable bonds is 1. The van der Waals surface area contributed by atoms with E-state index in [4.69, 9.17) is 16.8 Å². The van der Waals surface area contributed by atoms with E-state index in [1.54, 1.807) is 17.0 Å². The zero-order chi connectivity index (χ0) is 14.0. The van der Waals surface area contributed by atoms with Crippen LogP contribution in [0.2, 0.25) is 5.02 Å². The molecule has 1 aliphatic rings. The van der Waals surface area contributed by atoms with E-state index < -0.39 is 0 Å². The lowest BCUT2D eigenvalue weighted by atomic mass is 9.97. The van der Waals surface area contributed by atoms with Crippen LogP contribution in [-0.4, -0.2) is 34.8 Å². The number of hydrogen-bond donors (Lipinski definition) is 1. The largest absolute Gasteiger partial charge is 0.411 e. The first-order chi connectivity index (χ1) is 9.02. The monoisotopic (exact) mass is 280 g/mol. The lowest BCUT2D eigenvalue weighted by Crippen LogP contribution is -2.43. The molecule has 0 radical (unpaired) electrons. The standard InChI is InChI=1S/C14H17ClN2O2/c1-9-3-4-11(7-12(9)15)14(18)17-6-5-13(16-19)10(2)8-17/h3-4,7,10,19H,5-6,8H2,1-2H3/b16-13+. The van der Waals surface area contributed by atoms with Crippen molar-refractivity contribution in [3.8, 4) is 0 Å². The minimum Gasteiger partial charge on any atom is -0.411 e. The number of carbonyl (C=O) groups is 1. The molecular formula is C14H17ClN2O2. The summed E-state index contributed by atoms with van der Waals surface area (Å²) in [6.45, 7) is 5.01. The number of oxime groups is 1. The third kappa shape index (κ3) is 2.89. The van der Waals surface area contributed by atoms with Gasteiger partial charge < -0.3 is 10.1 Å². The first-order valence-electron chi connectivity index (χ1n) is 6.29. The number of benzene rings is 1. The molecule has 1 saturated heterocycles. The van der Waals surface area contributed by atoms with E-state index in [-0.39, 0.29) is 11.8 Å². The molecule has 5 heteroatoms. The van der Waals surface area contributed by atoms with E-state index in [1.165, 1.54) is 0 Å². The highest BCUT2D eigenvalue weighted by atomic mass is 35.5. The van der Waals surface area contributed by atoms with Gasteiger partial charge in [0.05, 0.1) is 5.71 Å². The lowest BCUT2D eigenvalue weighted by Gasteiger charge is -2.31. The van der Waals surface area contributed by atoms with Gasteiger partial charge in [-0.05, 0) is 24.6 Å². The van der Waals surface area contributed by atoms with Crippen LogP contribution in [0, 0.1) is 12.8 Å². The van der Waals surface area contributed by atoms with E-state index in [9.17, 15) is 4.79 Å². The second-order valence-electron chi connectivity index (χ2n) is 4.96. The minimum absolute atomic E-state index is 0.0225. The summed E-state index contributed by atoms with van der Waals surface area (Å²) >= 11 is 6.05. The topological polar surface area (TPSA) is 52.9 Å². The molecule has 0 spiro atoms. The highest BCUT2D eigenvalue weighted by Gasteiger charge is 2.26. The zero-order valence-corrected chi connectivity index (χ0v) is 11.8. The number of likely N-dealkylation sites (tertiary alicyclic amines) is 1. The molecule has 1 amide bonds. The summed E-state index contributed by atoms with van der Waals surface area (Å²) in [5, 5.41) is 12.7. The molecule has 1 fully saturated rings. The molecule has 4 nitrogen and oxygen atoms in total. The van der Waals surface area contributed by atoms with Gasteiger partial charge >= 0.3 is 0 Å². The van der Waals surface area contributed by atoms with Crippen LogP contribution in [0.5, 0.6) is 0 Å². The van der Waals surface area contributed by atoms with E-state index >= 15 is 0 Å². The third-order valence-corrected chi connectivity index (χ3v) is 3.94. The first-order valence-corrected chi connectivity index (χ1v) is 6.67. The molecule has 1 aliphatic heterocycles. The van der Waals surface area contributed by atoms with Gasteiger partial charge in [0.15, 0.2) is 0 Å². The number of piperidine rings is 1. The summed E-state index contributed by atoms with van der Waals surface area (Å²) in [7, 11) is 0. The van der Waals surface area contributed by atoms with E-state index in [1.807, 2.05) is 19.9 Å². The molecule has 19 heavy (non-hydrogen) atoms. The quantitative estimate of drug-likeness (QED) is 0.635. The Kier molecular flexibility index (Phi) is 4.10. The minimum atomic E-state index is -0.0225. The maximum atomic E-state index is 12.4. The van der Waals surface area contributed by atoms with Crippen molar-refractivity contribution in [1.82, 2.24) is 4.90 Å². The summed E-state index contributed by atoms with van der Waals surface area (Å²) in [6, 6.07) is 5.35. The first kappa shape index (κ1) is 13.9. The van der Waals surface area contributed by atoms with Crippen LogP contribution in [-0.2, 0) is 0 Å². The maximum Gasteiger partial charge on any atom is 0.253 e. The van der Waals surface area contributed by atoms with E-state index in [0.717, 1.165) is 11.3 Å². The molecule has 0 aliphatic carbocycles. The zero-order valence-electron chi connectivity index (χ0n) is 11.1. The van der Waals surface area contributed by atoms with Crippen LogP contribution in [0.4, 0.5) is 0 Å². The van der Waals surface area contributed by atoms with Crippen molar-refractivity contribution in [1.29, 1.82) is 0 Å². The number of amides is 1. The van der Waals surface area contributed by atoms with Crippen LogP contribution in [0.3, 0.4) is 0 Å². The molecule has 1 unspecified atom stereocenters. The molecule has 1 N–H and O–H groups in total. The Morgan fingerprint density at radius 2 is 2.26 bits per heavy atom. The number of hydrogen-bond acceptors (Lipinski definition) is 3. The van der Waals surface area contributed by atoms with Gasteiger partial charge in [-0.25, -0.2) is 0 Å². The molecule has 1 aromatic carbocycles. The predicted octanol–water partition coefficient (Wildman–Crippen LogP) is 2.96. The summed E-state index contributed by atoms with van der Waals surface area (Å²) in [5.41, 5.74) is 2.32. The van der Waals surface area contributed by atoms with Crippen molar-refractivity contribution in [3.63, 3.8) is 0 Å². The van der Waals surface area contributed by atoms with Crippen LogP contribution in [0.15, 0.2) is 23.4 Å². The summed E-state index contributed by atoms with van der Waals surface area (Å²) in [4.78, 5) is 14.1. The fraction of sp³-hybridized carbons (Fsp3) is 0.429. The molecule has 2 rings (SSSR count). The second-order valence-corrected chi connectivity index (χ2v) is 5.36. The highest BCUT2D eigenvalue weighted by Crippen LogP contribution is 2.20. The molecule has 1 heterocycles. The molecule has 1 aromatic rings. The van der Waals surface area contributed by atoms with Crippen molar-refractivity contribution >= 4 is 23.2 Å². The van der Waals surface area contributed by atoms with Gasteiger partial charge in [-0.2, -0.15) is 0 Å². The van der Waals surface area contributed by atoms with Gasteiger partial charge in [0, 0.05) is 36.0 Å². The lowest BCUT2D eigenvalue weighted by molar-refractivity contribution is 0.0734. The number of halogens is 1. The van der Waals surface area contributed by atoms with E-state index in [2.05, 4.69) is 5.16 Å². The molecule has 1 atom stereocenters. The van der Waals surface area contributed by atoms with Gasteiger partial charge in [-0.15, -0.1) is 0 Å². The Hall–Kier alpha value is -1.55. The Bertz CT molecular complexity index is 528. The Morgan fingerprint density at radius 3 is 2.84 bits per heavy atom. The van der Waals surface area contributed by atoms with Gasteiger partial charge in [0.1, 0.15) is 0 Å². The maximum absolute atomic E-state index is 12.4. The molecule has 102 valence electrons. The Labute approximate surface area is 117 Å². The fourth-order valence-electron chi connectivity index (χ4n) is 2.26. The van der Waals surface area contributed by atoms with Crippen molar-refractivity contribution < 1.29 is 10.0 Å². The number of carbonyl (C=O) groups excluding carboxylic acids is 1. The van der Waals surface area contributed by atoms with Crippen LogP contribution in [0.1, 0.15) is 29.3 Å². The average Bonchev–Trinajstić information content (AvgIpc) is 2.41. The molecular weight excluding hydrogens is 264 g/mol. The summed E-state index contributed by atoms with van der Waals surface area (Å²) in [5.74, 6) is 0.0642. The Balaban J connectivity index is 2.14. The second kappa shape index (κ2) is 5.61. The van der Waals surface area contributed by atoms with Crippen LogP contribution < -0.4 is 0 Å². The summed E-state index contributed by atoms with van der Waals surface area (Å²) < 4.78 is 0.